The van der Waals surface area contributed by atoms with Crippen molar-refractivity contribution in [2.24, 2.45) is 0 Å². The maximum Gasteiger partial charge on any atom is 0.222 e. The number of aliphatic hydroxyl groups excluding tert-OH is 3. The van der Waals surface area contributed by atoms with Crippen LogP contribution >= 0.6 is 0 Å². The van der Waals surface area contributed by atoms with Crippen LogP contribution in [0.25, 0.3) is 0 Å². The SMILES string of the molecule is CCCCC/C=C\C=C/CCCCCCC(O)CC(=O)NC(CO)C(O)/C=C/CCCCCCCCCCCCCCCCCCCCCC. The average molecular weight is 704 g/mol. The summed E-state index contributed by atoms with van der Waals surface area (Å²) in [5, 5.41) is 33.2. The lowest BCUT2D eigenvalue weighted by atomic mass is 10.0. The highest BCUT2D eigenvalue weighted by Gasteiger charge is 2.20. The molecule has 0 aliphatic heterocycles. The number of aliphatic hydroxyl groups is 3. The Kier molecular flexibility index (Phi) is 39.2. The molecule has 0 aliphatic carbocycles. The number of allylic oxidation sites excluding steroid dienone is 5. The number of unbranched alkanes of at least 4 members (excludes halogenated alkanes) is 27. The highest BCUT2D eigenvalue weighted by molar-refractivity contribution is 5.76. The maximum absolute atomic E-state index is 12.4. The third-order valence-electron chi connectivity index (χ3n) is 9.95. The Bertz CT molecular complexity index is 779. The lowest BCUT2D eigenvalue weighted by Gasteiger charge is -2.21. The molecule has 0 aliphatic rings. The molecule has 1 amide bonds. The largest absolute Gasteiger partial charge is 0.394 e. The van der Waals surface area contributed by atoms with Gasteiger partial charge in [-0.15, -0.1) is 0 Å². The number of carbonyl (C=O) groups is 1. The number of rotatable bonds is 39. The quantitative estimate of drug-likeness (QED) is 0.0291. The zero-order chi connectivity index (χ0) is 36.6. The number of amides is 1. The van der Waals surface area contributed by atoms with Crippen LogP contribution < -0.4 is 5.32 Å². The lowest BCUT2D eigenvalue weighted by molar-refractivity contribution is -0.124. The van der Waals surface area contributed by atoms with Gasteiger partial charge in [0.05, 0.1) is 31.3 Å². The minimum atomic E-state index is -0.934. The summed E-state index contributed by atoms with van der Waals surface area (Å²) in [5.74, 6) is -0.328. The molecule has 0 aromatic carbocycles. The number of hydrogen-bond donors (Lipinski definition) is 4. The van der Waals surface area contributed by atoms with Crippen LogP contribution in [0.2, 0.25) is 0 Å². The molecule has 5 heteroatoms. The van der Waals surface area contributed by atoms with E-state index in [1.807, 2.05) is 6.08 Å². The van der Waals surface area contributed by atoms with Crippen molar-refractivity contribution >= 4 is 5.91 Å². The van der Waals surface area contributed by atoms with Gasteiger partial charge in [-0.3, -0.25) is 4.79 Å². The van der Waals surface area contributed by atoms with Crippen LogP contribution in [-0.4, -0.2) is 46.1 Å². The summed E-state index contributed by atoms with van der Waals surface area (Å²) < 4.78 is 0. The summed E-state index contributed by atoms with van der Waals surface area (Å²) in [7, 11) is 0. The van der Waals surface area contributed by atoms with Crippen molar-refractivity contribution in [2.45, 2.75) is 238 Å². The van der Waals surface area contributed by atoms with Crippen molar-refractivity contribution in [1.29, 1.82) is 0 Å². The van der Waals surface area contributed by atoms with Gasteiger partial charge in [0, 0.05) is 0 Å². The summed E-state index contributed by atoms with van der Waals surface area (Å²) in [6.07, 6.45) is 50.0. The molecule has 0 aromatic heterocycles. The zero-order valence-electron chi connectivity index (χ0n) is 33.3. The van der Waals surface area contributed by atoms with E-state index in [1.54, 1.807) is 6.08 Å². The minimum Gasteiger partial charge on any atom is -0.394 e. The third-order valence-corrected chi connectivity index (χ3v) is 9.95. The van der Waals surface area contributed by atoms with E-state index in [0.717, 1.165) is 51.4 Å². The predicted molar refractivity (Wildman–Crippen MR) is 218 cm³/mol. The van der Waals surface area contributed by atoms with Crippen LogP contribution in [-0.2, 0) is 4.79 Å². The molecule has 3 unspecified atom stereocenters. The number of carbonyl (C=O) groups excluding carboxylic acids is 1. The first kappa shape index (κ1) is 48.6. The first-order valence-electron chi connectivity index (χ1n) is 21.8. The molecule has 4 N–H and O–H groups in total. The first-order valence-corrected chi connectivity index (χ1v) is 21.8. The van der Waals surface area contributed by atoms with Crippen molar-refractivity contribution in [2.75, 3.05) is 6.61 Å². The fraction of sp³-hybridized carbons (Fsp3) is 0.844. The van der Waals surface area contributed by atoms with Crippen molar-refractivity contribution in [3.8, 4) is 0 Å². The molecular formula is C45H85NO4. The van der Waals surface area contributed by atoms with Gasteiger partial charge in [-0.1, -0.05) is 204 Å². The summed E-state index contributed by atoms with van der Waals surface area (Å²) in [6.45, 7) is 4.18. The van der Waals surface area contributed by atoms with Crippen LogP contribution in [0, 0.1) is 0 Å². The van der Waals surface area contributed by atoms with E-state index < -0.39 is 18.2 Å². The van der Waals surface area contributed by atoms with Crippen LogP contribution in [0.15, 0.2) is 36.5 Å². The predicted octanol–water partition coefficient (Wildman–Crippen LogP) is 12.4. The van der Waals surface area contributed by atoms with Gasteiger partial charge in [0.2, 0.25) is 5.91 Å². The molecule has 50 heavy (non-hydrogen) atoms. The topological polar surface area (TPSA) is 89.8 Å². The Morgan fingerprint density at radius 1 is 0.520 bits per heavy atom. The summed E-state index contributed by atoms with van der Waals surface area (Å²) in [4.78, 5) is 12.4. The van der Waals surface area contributed by atoms with E-state index in [1.165, 1.54) is 141 Å². The third kappa shape index (κ3) is 36.4. The lowest BCUT2D eigenvalue weighted by Crippen LogP contribution is -2.45. The Labute approximate surface area is 311 Å². The molecule has 0 heterocycles. The summed E-state index contributed by atoms with van der Waals surface area (Å²) in [5.41, 5.74) is 0. The maximum atomic E-state index is 12.4. The van der Waals surface area contributed by atoms with E-state index in [4.69, 9.17) is 0 Å². The molecule has 3 atom stereocenters. The number of nitrogens with one attached hydrogen (secondary N) is 1. The molecule has 0 saturated carbocycles. The monoisotopic (exact) mass is 704 g/mol. The van der Waals surface area contributed by atoms with Crippen LogP contribution in [0.3, 0.4) is 0 Å². The molecule has 0 bridgehead atoms. The molecule has 0 radical (unpaired) electrons. The van der Waals surface area contributed by atoms with Gasteiger partial charge in [-0.05, 0) is 44.9 Å². The van der Waals surface area contributed by atoms with E-state index in [-0.39, 0.29) is 18.9 Å². The standard InChI is InChI=1S/C45H85NO4/c1-3-5-7-9-11-13-15-17-18-19-20-21-22-23-24-25-27-29-31-33-35-37-39-44(49)43(41-47)46-45(50)40-42(48)38-36-34-32-30-28-26-16-14-12-10-8-6-4-2/h12,14,16,26,37,39,42-44,47-49H,3-11,13,15,17-25,27-36,38,40-41H2,1-2H3,(H,46,50)/b14-12-,26-16-,39-37+. The molecule has 5 nitrogen and oxygen atoms in total. The smallest absolute Gasteiger partial charge is 0.222 e. The normalized spacial score (nSPS) is 13.9. The molecule has 0 aromatic rings. The molecule has 0 rings (SSSR count). The molecule has 0 spiro atoms. The second kappa shape index (κ2) is 40.3. The van der Waals surface area contributed by atoms with Gasteiger partial charge in [0.1, 0.15) is 0 Å². The Balaban J connectivity index is 3.67. The van der Waals surface area contributed by atoms with Crippen molar-refractivity contribution < 1.29 is 20.1 Å². The summed E-state index contributed by atoms with van der Waals surface area (Å²) >= 11 is 0. The van der Waals surface area contributed by atoms with E-state index >= 15 is 0 Å². The molecule has 0 saturated heterocycles. The molecular weight excluding hydrogens is 618 g/mol. The van der Waals surface area contributed by atoms with Crippen molar-refractivity contribution in [3.05, 3.63) is 36.5 Å². The van der Waals surface area contributed by atoms with Crippen molar-refractivity contribution in [3.63, 3.8) is 0 Å². The highest BCUT2D eigenvalue weighted by atomic mass is 16.3. The van der Waals surface area contributed by atoms with Crippen LogP contribution in [0.5, 0.6) is 0 Å². The highest BCUT2D eigenvalue weighted by Crippen LogP contribution is 2.16. The van der Waals surface area contributed by atoms with Gasteiger partial charge in [0.15, 0.2) is 0 Å². The zero-order valence-corrected chi connectivity index (χ0v) is 33.3. The molecule has 0 fully saturated rings. The number of hydrogen-bond acceptors (Lipinski definition) is 4. The second-order valence-corrected chi connectivity index (χ2v) is 15.0. The van der Waals surface area contributed by atoms with Crippen LogP contribution in [0.4, 0.5) is 0 Å². The van der Waals surface area contributed by atoms with E-state index in [0.29, 0.717) is 6.42 Å². The van der Waals surface area contributed by atoms with Crippen molar-refractivity contribution in [1.82, 2.24) is 5.32 Å². The van der Waals surface area contributed by atoms with Gasteiger partial charge in [-0.25, -0.2) is 0 Å². The van der Waals surface area contributed by atoms with Gasteiger partial charge >= 0.3 is 0 Å². The van der Waals surface area contributed by atoms with E-state index in [2.05, 4.69) is 43.5 Å². The van der Waals surface area contributed by atoms with Gasteiger partial charge in [0.25, 0.3) is 0 Å². The van der Waals surface area contributed by atoms with Gasteiger partial charge in [-0.2, -0.15) is 0 Å². The minimum absolute atomic E-state index is 0.000334. The fourth-order valence-corrected chi connectivity index (χ4v) is 6.57. The summed E-state index contributed by atoms with van der Waals surface area (Å²) in [6, 6.07) is -0.750. The van der Waals surface area contributed by atoms with Crippen LogP contribution in [0.1, 0.15) is 219 Å². The average Bonchev–Trinajstić information content (AvgIpc) is 3.11. The Hall–Kier alpha value is -1.43. The first-order chi connectivity index (χ1) is 24.5. The van der Waals surface area contributed by atoms with Gasteiger partial charge < -0.3 is 20.6 Å². The Morgan fingerprint density at radius 3 is 1.32 bits per heavy atom. The second-order valence-electron chi connectivity index (χ2n) is 15.0. The van der Waals surface area contributed by atoms with E-state index in [9.17, 15) is 20.1 Å². The Morgan fingerprint density at radius 2 is 0.880 bits per heavy atom. The fourth-order valence-electron chi connectivity index (χ4n) is 6.57. The molecule has 294 valence electrons.